The van der Waals surface area contributed by atoms with E-state index in [1.165, 1.54) is 20.1 Å². The van der Waals surface area contributed by atoms with E-state index in [9.17, 15) is 14.9 Å². The lowest BCUT2D eigenvalue weighted by molar-refractivity contribution is -0.515. The molecule has 0 aliphatic carbocycles. The lowest BCUT2D eigenvalue weighted by Crippen LogP contribution is -2.27. The van der Waals surface area contributed by atoms with Crippen molar-refractivity contribution in [1.29, 1.82) is 0 Å². The summed E-state index contributed by atoms with van der Waals surface area (Å²) < 4.78 is 4.71. The predicted molar refractivity (Wildman–Crippen MR) is 59.4 cm³/mol. The van der Waals surface area contributed by atoms with E-state index in [4.69, 9.17) is 15.7 Å². The van der Waals surface area contributed by atoms with Crippen LogP contribution in [0, 0.1) is 10.1 Å². The predicted octanol–water partition coefficient (Wildman–Crippen LogP) is -0.0700. The highest BCUT2D eigenvalue weighted by Crippen LogP contribution is 2.07. The van der Waals surface area contributed by atoms with Crippen molar-refractivity contribution in [3.63, 3.8) is 0 Å². The second kappa shape index (κ2) is 7.34. The molecule has 0 bridgehead atoms. The van der Waals surface area contributed by atoms with Crippen LogP contribution in [0.25, 0.3) is 0 Å². The summed E-state index contributed by atoms with van der Waals surface area (Å²) in [4.78, 5) is 20.8. The molecule has 0 rings (SSSR count). The molecule has 1 unspecified atom stereocenters. The maximum atomic E-state index is 10.7. The van der Waals surface area contributed by atoms with Gasteiger partial charge in [-0.15, -0.1) is 0 Å². The summed E-state index contributed by atoms with van der Waals surface area (Å²) >= 11 is 0. The number of amides is 1. The third kappa shape index (κ3) is 5.61. The summed E-state index contributed by atoms with van der Waals surface area (Å²) in [7, 11) is 1.34. The van der Waals surface area contributed by atoms with Gasteiger partial charge in [-0.2, -0.15) is 0 Å². The number of primary amides is 1. The molecule has 17 heavy (non-hydrogen) atoms. The molecule has 0 fully saturated rings. The largest absolute Gasteiger partial charge is 0.411 e. The average molecular weight is 245 g/mol. The number of hydrogen-bond donors (Lipinski definition) is 2. The van der Waals surface area contributed by atoms with Gasteiger partial charge in [-0.25, -0.2) is 0 Å². The van der Waals surface area contributed by atoms with Gasteiger partial charge in [0.2, 0.25) is 5.91 Å². The number of nitrogens with zero attached hydrogens (tertiary/aromatic N) is 2. The Morgan fingerprint density at radius 1 is 1.71 bits per heavy atom. The van der Waals surface area contributed by atoms with Gasteiger partial charge in [0.25, 0.3) is 6.04 Å². The summed E-state index contributed by atoms with van der Waals surface area (Å²) in [6, 6.07) is -1.05. The minimum Gasteiger partial charge on any atom is -0.411 e. The molecule has 0 aromatic carbocycles. The van der Waals surface area contributed by atoms with Crippen LogP contribution in [-0.2, 0) is 9.53 Å². The van der Waals surface area contributed by atoms with Gasteiger partial charge in [-0.1, -0.05) is 5.16 Å². The van der Waals surface area contributed by atoms with Gasteiger partial charge in [0, 0.05) is 17.6 Å². The quantitative estimate of drug-likeness (QED) is 0.281. The van der Waals surface area contributed by atoms with E-state index in [0.29, 0.717) is 5.57 Å². The van der Waals surface area contributed by atoms with Gasteiger partial charge in [0.1, 0.15) is 6.61 Å². The van der Waals surface area contributed by atoms with Crippen LogP contribution in [0.5, 0.6) is 0 Å². The Bertz CT molecular complexity index is 351. The van der Waals surface area contributed by atoms with Crippen molar-refractivity contribution in [1.82, 2.24) is 0 Å². The van der Waals surface area contributed by atoms with E-state index < -0.39 is 16.9 Å². The van der Waals surface area contributed by atoms with Crippen LogP contribution in [-0.4, -0.2) is 41.5 Å². The van der Waals surface area contributed by atoms with Crippen LogP contribution < -0.4 is 5.73 Å². The molecule has 0 radical (unpaired) electrons. The highest BCUT2D eigenvalue weighted by Gasteiger charge is 2.22. The Morgan fingerprint density at radius 3 is 2.65 bits per heavy atom. The number of carbonyl (C=O) groups is 1. The zero-order valence-electron chi connectivity index (χ0n) is 9.62. The molecule has 0 aliphatic rings. The molecule has 0 aromatic rings. The van der Waals surface area contributed by atoms with Crippen molar-refractivity contribution in [3.8, 4) is 0 Å². The zero-order valence-corrected chi connectivity index (χ0v) is 9.62. The highest BCUT2D eigenvalue weighted by molar-refractivity contribution is 6.06. The monoisotopic (exact) mass is 245 g/mol. The normalized spacial score (nSPS) is 14.5. The molecule has 0 aliphatic heterocycles. The summed E-state index contributed by atoms with van der Waals surface area (Å²) in [5, 5.41) is 22.2. The standard InChI is InChI=1S/C9H15N3O5/c1-6(8(5-17-2)12(15)16)3-7(11-14)4-9(10)13/h3,8,14H,4-5H2,1-2H3,(H2,10,13). The SMILES string of the molecule is COCC(C(C)=CC(CC(N)=O)=NO)[N+](=O)[O-]. The molecule has 0 spiro atoms. The van der Waals surface area contributed by atoms with Crippen molar-refractivity contribution in [3.05, 3.63) is 21.8 Å². The van der Waals surface area contributed by atoms with Crippen molar-refractivity contribution in [2.45, 2.75) is 19.4 Å². The fourth-order valence-corrected chi connectivity index (χ4v) is 1.17. The number of carbonyl (C=O) groups excluding carboxylic acids is 1. The molecule has 0 saturated carbocycles. The van der Waals surface area contributed by atoms with E-state index in [1.54, 1.807) is 0 Å². The van der Waals surface area contributed by atoms with E-state index >= 15 is 0 Å². The van der Waals surface area contributed by atoms with Crippen LogP contribution in [0.15, 0.2) is 16.8 Å². The summed E-state index contributed by atoms with van der Waals surface area (Å²) in [6.07, 6.45) is 0.961. The molecule has 96 valence electrons. The number of hydrogen-bond acceptors (Lipinski definition) is 6. The number of nitrogens with two attached hydrogens (primary N) is 1. The molecule has 0 saturated heterocycles. The molecule has 0 aromatic heterocycles. The zero-order chi connectivity index (χ0) is 13.4. The van der Waals surface area contributed by atoms with E-state index in [0.717, 1.165) is 0 Å². The Kier molecular flexibility index (Phi) is 6.49. The second-order valence-corrected chi connectivity index (χ2v) is 3.38. The van der Waals surface area contributed by atoms with Crippen LogP contribution in [0.3, 0.4) is 0 Å². The fourth-order valence-electron chi connectivity index (χ4n) is 1.17. The maximum Gasteiger partial charge on any atom is 0.257 e. The van der Waals surface area contributed by atoms with Gasteiger partial charge >= 0.3 is 0 Å². The first-order valence-corrected chi connectivity index (χ1v) is 4.72. The molecule has 1 atom stereocenters. The Labute approximate surface area is 97.9 Å². The Hall–Kier alpha value is -1.96. The van der Waals surface area contributed by atoms with Crippen LogP contribution in [0.2, 0.25) is 0 Å². The Balaban J connectivity index is 4.89. The number of ether oxygens (including phenoxy) is 1. The summed E-state index contributed by atoms with van der Waals surface area (Å²) in [5.41, 5.74) is 5.20. The molecule has 1 amide bonds. The van der Waals surface area contributed by atoms with E-state index in [1.807, 2.05) is 0 Å². The molecule has 8 heteroatoms. The van der Waals surface area contributed by atoms with E-state index in [2.05, 4.69) is 5.16 Å². The number of oxime groups is 1. The maximum absolute atomic E-state index is 10.7. The molecular weight excluding hydrogens is 230 g/mol. The number of nitro groups is 1. The highest BCUT2D eigenvalue weighted by atomic mass is 16.6. The van der Waals surface area contributed by atoms with Gasteiger partial charge < -0.3 is 15.7 Å². The summed E-state index contributed by atoms with van der Waals surface area (Å²) in [5.74, 6) is -0.689. The molecule has 8 nitrogen and oxygen atoms in total. The van der Waals surface area contributed by atoms with Crippen molar-refractivity contribution >= 4 is 11.6 Å². The number of methoxy groups -OCH3 is 1. The average Bonchev–Trinajstić information content (AvgIpc) is 2.23. The lowest BCUT2D eigenvalue weighted by atomic mass is 10.1. The first-order valence-electron chi connectivity index (χ1n) is 4.72. The smallest absolute Gasteiger partial charge is 0.257 e. The number of allylic oxidation sites excluding steroid dienone is 1. The fraction of sp³-hybridized carbons (Fsp3) is 0.556. The van der Waals surface area contributed by atoms with Crippen molar-refractivity contribution in [2.75, 3.05) is 13.7 Å². The summed E-state index contributed by atoms with van der Waals surface area (Å²) in [6.45, 7) is 1.38. The molecular formula is C9H15N3O5. The Morgan fingerprint density at radius 2 is 2.29 bits per heavy atom. The third-order valence-corrected chi connectivity index (χ3v) is 1.98. The van der Waals surface area contributed by atoms with Crippen LogP contribution in [0.1, 0.15) is 13.3 Å². The van der Waals surface area contributed by atoms with Gasteiger partial charge in [-0.3, -0.25) is 14.9 Å². The first kappa shape index (κ1) is 15.0. The van der Waals surface area contributed by atoms with Gasteiger partial charge in [-0.05, 0) is 13.0 Å². The van der Waals surface area contributed by atoms with Gasteiger partial charge in [0.15, 0.2) is 0 Å². The molecule has 3 N–H and O–H groups in total. The van der Waals surface area contributed by atoms with E-state index in [-0.39, 0.29) is 18.7 Å². The van der Waals surface area contributed by atoms with Crippen molar-refractivity contribution in [2.24, 2.45) is 10.9 Å². The third-order valence-electron chi connectivity index (χ3n) is 1.98. The minimum atomic E-state index is -1.05. The van der Waals surface area contributed by atoms with Gasteiger partial charge in [0.05, 0.1) is 12.1 Å². The van der Waals surface area contributed by atoms with Crippen LogP contribution >= 0.6 is 0 Å². The lowest BCUT2D eigenvalue weighted by Gasteiger charge is -2.08. The van der Waals surface area contributed by atoms with Crippen LogP contribution in [0.4, 0.5) is 0 Å². The first-order chi connectivity index (χ1) is 7.92. The van der Waals surface area contributed by atoms with Crippen molar-refractivity contribution < 1.29 is 19.7 Å². The minimum absolute atomic E-state index is 0.0297. The number of rotatable bonds is 7. The second-order valence-electron chi connectivity index (χ2n) is 3.38. The molecule has 0 heterocycles. The topological polar surface area (TPSA) is 128 Å².